The predicted molar refractivity (Wildman–Crippen MR) is 139 cm³/mol. The Morgan fingerprint density at radius 2 is 1.73 bits per heavy atom. The van der Waals surface area contributed by atoms with Crippen LogP contribution in [0.2, 0.25) is 0 Å². The van der Waals surface area contributed by atoms with E-state index in [0.717, 1.165) is 52.2 Å². The molecule has 4 aromatic rings. The Hall–Kier alpha value is -2.77. The van der Waals surface area contributed by atoms with Crippen molar-refractivity contribution in [2.75, 3.05) is 0 Å². The fourth-order valence-corrected chi connectivity index (χ4v) is 6.33. The third kappa shape index (κ3) is 3.83. The summed E-state index contributed by atoms with van der Waals surface area (Å²) in [5.41, 5.74) is 4.20. The highest BCUT2D eigenvalue weighted by molar-refractivity contribution is 7.19. The summed E-state index contributed by atoms with van der Waals surface area (Å²) in [6.07, 6.45) is 5.73. The van der Waals surface area contributed by atoms with E-state index in [2.05, 4.69) is 77.1 Å². The summed E-state index contributed by atoms with van der Waals surface area (Å²) in [5.74, 6) is 0. The van der Waals surface area contributed by atoms with Gasteiger partial charge in [-0.05, 0) is 71.0 Å². The molecule has 5 rings (SSSR count). The van der Waals surface area contributed by atoms with Gasteiger partial charge in [0, 0.05) is 11.8 Å². The number of benzene rings is 2. The van der Waals surface area contributed by atoms with Gasteiger partial charge in [0.2, 0.25) is 0 Å². The molecule has 0 unspecified atom stereocenters. The lowest BCUT2D eigenvalue weighted by Gasteiger charge is -2.38. The molecule has 1 aliphatic carbocycles. The Labute approximate surface area is 200 Å². The molecule has 0 radical (unpaired) electrons. The van der Waals surface area contributed by atoms with Gasteiger partial charge in [-0.1, -0.05) is 58.9 Å². The predicted octanol–water partition coefficient (Wildman–Crippen LogP) is 8.17. The van der Waals surface area contributed by atoms with Gasteiger partial charge >= 0.3 is 0 Å². The fraction of sp³-hybridized carbons (Fsp3) is 0.414. The highest BCUT2D eigenvalue weighted by Gasteiger charge is 2.42. The number of hydrogen-bond acceptors (Lipinski definition) is 4. The molecule has 1 saturated carbocycles. The maximum atomic E-state index is 10.2. The first-order valence-electron chi connectivity index (χ1n) is 11.8. The lowest BCUT2D eigenvalue weighted by atomic mass is 9.66. The Morgan fingerprint density at radius 3 is 2.42 bits per heavy atom. The average Bonchev–Trinajstić information content (AvgIpc) is 3.23. The summed E-state index contributed by atoms with van der Waals surface area (Å²) >= 11 is 1.67. The first-order valence-corrected chi connectivity index (χ1v) is 12.6. The van der Waals surface area contributed by atoms with Gasteiger partial charge in [-0.3, -0.25) is 4.98 Å². The summed E-state index contributed by atoms with van der Waals surface area (Å²) in [5, 5.41) is 13.7. The molecule has 0 amide bonds. The number of aromatic nitrogens is 2. The third-order valence-electron chi connectivity index (χ3n) is 7.33. The van der Waals surface area contributed by atoms with Crippen molar-refractivity contribution in [2.24, 2.45) is 5.41 Å². The molecule has 2 aromatic heterocycles. The second kappa shape index (κ2) is 7.64. The maximum Gasteiger partial charge on any atom is 0.114 e. The second-order valence-electron chi connectivity index (χ2n) is 11.4. The quantitative estimate of drug-likeness (QED) is 0.307. The van der Waals surface area contributed by atoms with Crippen molar-refractivity contribution in [1.29, 1.82) is 5.26 Å². The van der Waals surface area contributed by atoms with Crippen LogP contribution in [0.25, 0.3) is 32.2 Å². The first-order chi connectivity index (χ1) is 15.6. The van der Waals surface area contributed by atoms with Crippen molar-refractivity contribution in [3.05, 3.63) is 59.2 Å². The molecular formula is C29H31N3S. The van der Waals surface area contributed by atoms with Crippen LogP contribution in [0.1, 0.15) is 70.9 Å². The molecule has 0 saturated heterocycles. The molecule has 33 heavy (non-hydrogen) atoms. The van der Waals surface area contributed by atoms with Crippen LogP contribution in [0, 0.1) is 16.7 Å². The highest BCUT2D eigenvalue weighted by Crippen LogP contribution is 2.49. The summed E-state index contributed by atoms with van der Waals surface area (Å²) in [6, 6.07) is 17.8. The van der Waals surface area contributed by atoms with Crippen LogP contribution in [-0.4, -0.2) is 9.97 Å². The number of nitrogens with zero attached hydrogens (tertiary/aromatic N) is 3. The van der Waals surface area contributed by atoms with E-state index in [-0.39, 0.29) is 5.41 Å². The maximum absolute atomic E-state index is 10.2. The number of fused-ring (bicyclic) bond motifs is 2. The van der Waals surface area contributed by atoms with Crippen LogP contribution in [0.3, 0.4) is 0 Å². The van der Waals surface area contributed by atoms with Crippen molar-refractivity contribution in [1.82, 2.24) is 9.97 Å². The minimum atomic E-state index is -0.476. The van der Waals surface area contributed by atoms with Crippen molar-refractivity contribution >= 4 is 32.3 Å². The molecule has 0 aliphatic heterocycles. The molecule has 1 fully saturated rings. The van der Waals surface area contributed by atoms with Crippen molar-refractivity contribution in [3.63, 3.8) is 0 Å². The zero-order chi connectivity index (χ0) is 23.4. The second-order valence-corrected chi connectivity index (χ2v) is 12.4. The number of pyridine rings is 1. The number of hydrogen-bond donors (Lipinski definition) is 0. The molecule has 0 bridgehead atoms. The Balaban J connectivity index is 1.68. The van der Waals surface area contributed by atoms with E-state index in [1.165, 1.54) is 16.3 Å². The largest absolute Gasteiger partial charge is 0.255 e. The van der Waals surface area contributed by atoms with Gasteiger partial charge < -0.3 is 0 Å². The average molecular weight is 454 g/mol. The monoisotopic (exact) mass is 453 g/mol. The first kappa shape index (κ1) is 22.0. The van der Waals surface area contributed by atoms with Gasteiger partial charge in [0.1, 0.15) is 10.4 Å². The van der Waals surface area contributed by atoms with Gasteiger partial charge in [0.25, 0.3) is 0 Å². The Bertz CT molecular complexity index is 1390. The fourth-order valence-electron chi connectivity index (χ4n) is 5.06. The van der Waals surface area contributed by atoms with Crippen LogP contribution < -0.4 is 0 Å². The Kier molecular flexibility index (Phi) is 5.10. The summed E-state index contributed by atoms with van der Waals surface area (Å²) in [4.78, 5) is 9.83. The van der Waals surface area contributed by atoms with Crippen LogP contribution in [-0.2, 0) is 10.8 Å². The highest BCUT2D eigenvalue weighted by atomic mass is 32.1. The van der Waals surface area contributed by atoms with E-state index in [1.54, 1.807) is 11.3 Å². The molecule has 0 atom stereocenters. The minimum absolute atomic E-state index is 0.0160. The number of rotatable bonds is 2. The number of nitriles is 1. The van der Waals surface area contributed by atoms with Gasteiger partial charge in [-0.15, -0.1) is 11.3 Å². The van der Waals surface area contributed by atoms with Gasteiger partial charge in [-0.25, -0.2) is 4.98 Å². The molecule has 3 nitrogen and oxygen atoms in total. The van der Waals surface area contributed by atoms with Crippen LogP contribution in [0.5, 0.6) is 0 Å². The summed E-state index contributed by atoms with van der Waals surface area (Å²) in [7, 11) is 0. The topological polar surface area (TPSA) is 49.6 Å². The smallest absolute Gasteiger partial charge is 0.114 e. The third-order valence-corrected chi connectivity index (χ3v) is 8.61. The SMILES string of the molecule is CC1(C)CCC(C#N)(c2nc3ccnc(-c4cc(C(C)(C)C)c5ccccc5c4)c3s2)CC1. The van der Waals surface area contributed by atoms with Crippen LogP contribution >= 0.6 is 11.3 Å². The molecule has 2 heterocycles. The zero-order valence-electron chi connectivity index (χ0n) is 20.2. The van der Waals surface area contributed by atoms with E-state index in [9.17, 15) is 5.26 Å². The standard InChI is InChI=1S/C29H31N3S/c1-27(2,3)22-17-20(16-19-8-6-7-9-21(19)22)24-25-23(10-15-31-24)32-26(33-25)29(18-30)13-11-28(4,5)12-14-29/h6-10,15-17H,11-14H2,1-5H3. The summed E-state index contributed by atoms with van der Waals surface area (Å²) in [6.45, 7) is 11.4. The molecule has 168 valence electrons. The van der Waals surface area contributed by atoms with E-state index < -0.39 is 5.41 Å². The molecular weight excluding hydrogens is 422 g/mol. The van der Waals surface area contributed by atoms with Crippen molar-refractivity contribution < 1.29 is 0 Å². The van der Waals surface area contributed by atoms with Gasteiger partial charge in [0.05, 0.1) is 22.0 Å². The van der Waals surface area contributed by atoms with Crippen LogP contribution in [0.15, 0.2) is 48.7 Å². The van der Waals surface area contributed by atoms with E-state index in [0.29, 0.717) is 5.41 Å². The molecule has 1 aliphatic rings. The van der Waals surface area contributed by atoms with Gasteiger partial charge in [-0.2, -0.15) is 5.26 Å². The summed E-state index contributed by atoms with van der Waals surface area (Å²) < 4.78 is 1.09. The molecule has 0 N–H and O–H groups in total. The van der Waals surface area contributed by atoms with Gasteiger partial charge in [0.15, 0.2) is 0 Å². The van der Waals surface area contributed by atoms with Crippen molar-refractivity contribution in [2.45, 2.75) is 71.1 Å². The zero-order valence-corrected chi connectivity index (χ0v) is 21.0. The molecule has 0 spiro atoms. The normalized spacial score (nSPS) is 17.8. The number of thiazole rings is 1. The minimum Gasteiger partial charge on any atom is -0.255 e. The molecule has 4 heteroatoms. The Morgan fingerprint density at radius 1 is 1.00 bits per heavy atom. The van der Waals surface area contributed by atoms with Crippen LogP contribution in [0.4, 0.5) is 0 Å². The van der Waals surface area contributed by atoms with E-state index in [1.807, 2.05) is 12.3 Å². The lowest BCUT2D eigenvalue weighted by Crippen LogP contribution is -2.33. The van der Waals surface area contributed by atoms with Crippen molar-refractivity contribution in [3.8, 4) is 17.3 Å². The molecule has 2 aromatic carbocycles. The van der Waals surface area contributed by atoms with E-state index in [4.69, 9.17) is 9.97 Å². The lowest BCUT2D eigenvalue weighted by molar-refractivity contribution is 0.193. The van der Waals surface area contributed by atoms with E-state index >= 15 is 0 Å².